The molecule has 2 N–H and O–H groups in total. The predicted octanol–water partition coefficient (Wildman–Crippen LogP) is 2.13. The summed E-state index contributed by atoms with van der Waals surface area (Å²) < 4.78 is 10.8. The summed E-state index contributed by atoms with van der Waals surface area (Å²) in [5.74, 6) is -0.623. The van der Waals surface area contributed by atoms with E-state index in [9.17, 15) is 9.59 Å². The molecule has 0 radical (unpaired) electrons. The minimum absolute atomic E-state index is 0.0192. The lowest BCUT2D eigenvalue weighted by atomic mass is 10.3. The van der Waals surface area contributed by atoms with E-state index in [4.69, 9.17) is 8.83 Å². The van der Waals surface area contributed by atoms with Crippen molar-refractivity contribution in [2.45, 2.75) is 0 Å². The SMILES string of the molecule is O=C(CNNCC(=O)c1nc2ccccc2o1)c1nc2ccccc2o1. The number of aromatic nitrogens is 2. The number of hydrazine groups is 1. The third kappa shape index (κ3) is 3.23. The summed E-state index contributed by atoms with van der Waals surface area (Å²) in [5, 5.41) is 0. The molecular formula is C18H14N4O4. The van der Waals surface area contributed by atoms with E-state index in [0.717, 1.165) is 0 Å². The fourth-order valence-corrected chi connectivity index (χ4v) is 2.42. The molecule has 0 bridgehead atoms. The number of benzene rings is 2. The van der Waals surface area contributed by atoms with Gasteiger partial charge >= 0.3 is 0 Å². The molecule has 4 aromatic rings. The van der Waals surface area contributed by atoms with Crippen LogP contribution in [0.15, 0.2) is 57.4 Å². The molecule has 0 spiro atoms. The minimum Gasteiger partial charge on any atom is -0.434 e. The number of carbonyl (C=O) groups excluding carboxylic acids is 2. The van der Waals surface area contributed by atoms with Gasteiger partial charge in [0.15, 0.2) is 11.2 Å². The van der Waals surface area contributed by atoms with Gasteiger partial charge in [0.05, 0.1) is 13.1 Å². The molecule has 0 aliphatic heterocycles. The maximum Gasteiger partial charge on any atom is 0.265 e. The van der Waals surface area contributed by atoms with E-state index in [-0.39, 0.29) is 36.4 Å². The fourth-order valence-electron chi connectivity index (χ4n) is 2.42. The van der Waals surface area contributed by atoms with Crippen molar-refractivity contribution in [3.8, 4) is 0 Å². The van der Waals surface area contributed by atoms with Crippen LogP contribution in [0.5, 0.6) is 0 Å². The van der Waals surface area contributed by atoms with Crippen molar-refractivity contribution in [2.75, 3.05) is 13.1 Å². The van der Waals surface area contributed by atoms with Gasteiger partial charge in [-0.25, -0.2) is 20.8 Å². The van der Waals surface area contributed by atoms with Crippen molar-refractivity contribution in [3.05, 3.63) is 60.3 Å². The topological polar surface area (TPSA) is 110 Å². The van der Waals surface area contributed by atoms with Gasteiger partial charge in [-0.1, -0.05) is 24.3 Å². The molecule has 8 nitrogen and oxygen atoms in total. The number of rotatable bonds is 7. The van der Waals surface area contributed by atoms with E-state index >= 15 is 0 Å². The van der Waals surface area contributed by atoms with Crippen LogP contribution in [0.3, 0.4) is 0 Å². The van der Waals surface area contributed by atoms with Gasteiger partial charge in [0.1, 0.15) is 11.0 Å². The average Bonchev–Trinajstić information content (AvgIpc) is 3.28. The van der Waals surface area contributed by atoms with Gasteiger partial charge in [-0.05, 0) is 24.3 Å². The van der Waals surface area contributed by atoms with Crippen molar-refractivity contribution < 1.29 is 18.4 Å². The summed E-state index contributed by atoms with van der Waals surface area (Å²) >= 11 is 0. The number of Topliss-reactive ketones (excluding diaryl/α,β-unsaturated/α-hetero) is 2. The van der Waals surface area contributed by atoms with Gasteiger partial charge in [-0.3, -0.25) is 9.59 Å². The molecule has 0 unspecified atom stereocenters. The van der Waals surface area contributed by atoms with Crippen molar-refractivity contribution in [2.24, 2.45) is 0 Å². The quantitative estimate of drug-likeness (QED) is 0.296. The molecule has 130 valence electrons. The molecule has 2 aromatic heterocycles. The largest absolute Gasteiger partial charge is 0.434 e. The van der Waals surface area contributed by atoms with Crippen LogP contribution >= 0.6 is 0 Å². The molecule has 0 atom stereocenters. The number of carbonyl (C=O) groups is 2. The third-order valence-corrected chi connectivity index (χ3v) is 3.69. The monoisotopic (exact) mass is 350 g/mol. The summed E-state index contributed by atoms with van der Waals surface area (Å²) in [4.78, 5) is 32.4. The van der Waals surface area contributed by atoms with Crippen LogP contribution in [-0.4, -0.2) is 34.6 Å². The first-order valence-electron chi connectivity index (χ1n) is 7.94. The average molecular weight is 350 g/mol. The van der Waals surface area contributed by atoms with Gasteiger partial charge in [-0.2, -0.15) is 0 Å². The second kappa shape index (κ2) is 6.87. The zero-order valence-electron chi connectivity index (χ0n) is 13.6. The van der Waals surface area contributed by atoms with E-state index in [0.29, 0.717) is 22.2 Å². The lowest BCUT2D eigenvalue weighted by Crippen LogP contribution is -2.39. The summed E-state index contributed by atoms with van der Waals surface area (Å²) in [6.45, 7) is -0.151. The molecule has 0 fully saturated rings. The Bertz CT molecular complexity index is 945. The van der Waals surface area contributed by atoms with Crippen molar-refractivity contribution >= 4 is 33.8 Å². The van der Waals surface area contributed by atoms with Crippen LogP contribution in [0.1, 0.15) is 21.4 Å². The summed E-state index contributed by atoms with van der Waals surface area (Å²) in [6, 6.07) is 14.3. The number of fused-ring (bicyclic) bond motifs is 2. The Morgan fingerprint density at radius 3 is 1.58 bits per heavy atom. The Kier molecular flexibility index (Phi) is 4.26. The van der Waals surface area contributed by atoms with Crippen LogP contribution < -0.4 is 10.9 Å². The number of hydrogen-bond donors (Lipinski definition) is 2. The maximum absolute atomic E-state index is 12.1. The lowest BCUT2D eigenvalue weighted by molar-refractivity contribution is 0.0927. The van der Waals surface area contributed by atoms with Crippen LogP contribution in [0.25, 0.3) is 22.2 Å². The molecule has 4 rings (SSSR count). The van der Waals surface area contributed by atoms with E-state index in [1.165, 1.54) is 0 Å². The van der Waals surface area contributed by atoms with E-state index in [2.05, 4.69) is 20.8 Å². The normalized spacial score (nSPS) is 11.2. The van der Waals surface area contributed by atoms with Gasteiger partial charge in [-0.15, -0.1) is 0 Å². The van der Waals surface area contributed by atoms with Crippen LogP contribution in [-0.2, 0) is 0 Å². The standard InChI is InChI=1S/C18H14N4O4/c23-13(17-21-11-5-1-3-7-15(11)25-17)9-19-20-10-14(24)18-22-12-6-2-4-8-16(12)26-18/h1-8,19-20H,9-10H2. The number of para-hydroxylation sites is 4. The Hall–Kier alpha value is -3.36. The van der Waals surface area contributed by atoms with E-state index in [1.807, 2.05) is 12.1 Å². The van der Waals surface area contributed by atoms with Gasteiger partial charge in [0, 0.05) is 0 Å². The van der Waals surface area contributed by atoms with E-state index in [1.54, 1.807) is 36.4 Å². The molecule has 0 aliphatic rings. The smallest absolute Gasteiger partial charge is 0.265 e. The van der Waals surface area contributed by atoms with Gasteiger partial charge in [0.25, 0.3) is 11.8 Å². The number of nitrogens with zero attached hydrogens (tertiary/aromatic N) is 2. The Labute approximate surface area is 147 Å². The molecule has 8 heteroatoms. The number of nitrogens with one attached hydrogen (secondary N) is 2. The Morgan fingerprint density at radius 1 is 0.731 bits per heavy atom. The highest BCUT2D eigenvalue weighted by atomic mass is 16.4. The number of ketones is 2. The second-order valence-corrected chi connectivity index (χ2v) is 5.53. The first-order valence-corrected chi connectivity index (χ1v) is 7.94. The molecule has 0 aliphatic carbocycles. The maximum atomic E-state index is 12.1. The molecule has 26 heavy (non-hydrogen) atoms. The zero-order valence-corrected chi connectivity index (χ0v) is 13.6. The van der Waals surface area contributed by atoms with Gasteiger partial charge < -0.3 is 8.83 Å². The second-order valence-electron chi connectivity index (χ2n) is 5.53. The molecule has 0 amide bonds. The number of oxazole rings is 2. The zero-order chi connectivity index (χ0) is 17.9. The Morgan fingerprint density at radius 2 is 1.15 bits per heavy atom. The van der Waals surface area contributed by atoms with Gasteiger partial charge in [0.2, 0.25) is 11.6 Å². The van der Waals surface area contributed by atoms with Crippen molar-refractivity contribution in [1.29, 1.82) is 0 Å². The fraction of sp³-hybridized carbons (Fsp3) is 0.111. The molecular weight excluding hydrogens is 336 g/mol. The summed E-state index contributed by atoms with van der Waals surface area (Å²) in [6.07, 6.45) is 0. The molecule has 0 saturated carbocycles. The highest BCUT2D eigenvalue weighted by Crippen LogP contribution is 2.15. The van der Waals surface area contributed by atoms with Crippen LogP contribution in [0.4, 0.5) is 0 Å². The van der Waals surface area contributed by atoms with Crippen LogP contribution in [0, 0.1) is 0 Å². The minimum atomic E-state index is -0.331. The Balaban J connectivity index is 1.30. The predicted molar refractivity (Wildman–Crippen MR) is 92.7 cm³/mol. The molecule has 2 aromatic carbocycles. The third-order valence-electron chi connectivity index (χ3n) is 3.69. The highest BCUT2D eigenvalue weighted by Gasteiger charge is 2.16. The summed E-state index contributed by atoms with van der Waals surface area (Å²) in [7, 11) is 0. The van der Waals surface area contributed by atoms with Crippen molar-refractivity contribution in [3.63, 3.8) is 0 Å². The summed E-state index contributed by atoms with van der Waals surface area (Å²) in [5.41, 5.74) is 7.69. The lowest BCUT2D eigenvalue weighted by Gasteiger charge is -2.02. The highest BCUT2D eigenvalue weighted by molar-refractivity contribution is 5.96. The molecule has 2 heterocycles. The first-order chi connectivity index (χ1) is 12.7. The number of hydrogen-bond acceptors (Lipinski definition) is 8. The first kappa shape index (κ1) is 16.1. The molecule has 0 saturated heterocycles. The van der Waals surface area contributed by atoms with Crippen LogP contribution in [0.2, 0.25) is 0 Å². The van der Waals surface area contributed by atoms with E-state index < -0.39 is 0 Å². The van der Waals surface area contributed by atoms with Crippen molar-refractivity contribution in [1.82, 2.24) is 20.8 Å².